The number of likely N-dealkylation sites (tertiary alicyclic amines) is 1. The fraction of sp³-hybridized carbons (Fsp3) is 0.250. The molecule has 1 atom stereocenters. The summed E-state index contributed by atoms with van der Waals surface area (Å²) in [4.78, 5) is 2.57. The molecule has 0 aliphatic carbocycles. The van der Waals surface area contributed by atoms with Crippen LogP contribution in [0.4, 0.5) is 0 Å². The number of nitrogens with zero attached hydrogens (tertiary/aromatic N) is 2. The van der Waals surface area contributed by atoms with Crippen LogP contribution in [0.15, 0.2) is 89.8 Å². The minimum Gasteiger partial charge on any atom is -0.297 e. The molecular formula is C24H25ClN2O2S. The van der Waals surface area contributed by atoms with Crippen LogP contribution in [0.1, 0.15) is 17.5 Å². The van der Waals surface area contributed by atoms with Crippen LogP contribution in [0, 0.1) is 0 Å². The van der Waals surface area contributed by atoms with Gasteiger partial charge in [-0.2, -0.15) is 4.31 Å². The smallest absolute Gasteiger partial charge is 0.243 e. The first-order valence-corrected chi connectivity index (χ1v) is 11.9. The Balaban J connectivity index is 1.59. The van der Waals surface area contributed by atoms with Gasteiger partial charge in [0.05, 0.1) is 4.90 Å². The summed E-state index contributed by atoms with van der Waals surface area (Å²) >= 11 is 6.10. The minimum absolute atomic E-state index is 0.0853. The van der Waals surface area contributed by atoms with Gasteiger partial charge in [0.1, 0.15) is 0 Å². The van der Waals surface area contributed by atoms with E-state index in [2.05, 4.69) is 17.0 Å². The van der Waals surface area contributed by atoms with E-state index in [9.17, 15) is 8.42 Å². The van der Waals surface area contributed by atoms with Crippen LogP contribution in [-0.2, 0) is 23.1 Å². The van der Waals surface area contributed by atoms with Gasteiger partial charge in [0.2, 0.25) is 10.0 Å². The summed E-state index contributed by atoms with van der Waals surface area (Å²) in [6.45, 7) is 2.75. The van der Waals surface area contributed by atoms with E-state index >= 15 is 0 Å². The van der Waals surface area contributed by atoms with Crippen molar-refractivity contribution >= 4 is 21.6 Å². The van der Waals surface area contributed by atoms with E-state index < -0.39 is 10.0 Å². The molecule has 156 valence electrons. The number of sulfonamides is 1. The number of halogens is 1. The first-order chi connectivity index (χ1) is 14.5. The lowest BCUT2D eigenvalue weighted by Gasteiger charge is -2.28. The van der Waals surface area contributed by atoms with Crippen LogP contribution < -0.4 is 0 Å². The van der Waals surface area contributed by atoms with Gasteiger partial charge in [-0.25, -0.2) is 8.42 Å². The van der Waals surface area contributed by atoms with Crippen LogP contribution in [0.25, 0.3) is 0 Å². The molecule has 6 heteroatoms. The maximum atomic E-state index is 13.6. The maximum Gasteiger partial charge on any atom is 0.243 e. The third-order valence-electron chi connectivity index (χ3n) is 5.49. The quantitative estimate of drug-likeness (QED) is 0.529. The molecule has 1 heterocycles. The summed E-state index contributed by atoms with van der Waals surface area (Å²) in [6, 6.07) is 26.5. The third kappa shape index (κ3) is 4.93. The molecule has 1 fully saturated rings. The van der Waals surface area contributed by atoms with Gasteiger partial charge in [0, 0.05) is 37.2 Å². The molecule has 3 aromatic rings. The van der Waals surface area contributed by atoms with Crippen LogP contribution in [0.5, 0.6) is 0 Å². The summed E-state index contributed by atoms with van der Waals surface area (Å²) in [7, 11) is -3.68. The lowest BCUT2D eigenvalue weighted by molar-refractivity contribution is 0.276. The normalized spacial score (nSPS) is 17.5. The highest BCUT2D eigenvalue weighted by Gasteiger charge is 2.36. The molecule has 0 radical (unpaired) electrons. The maximum absolute atomic E-state index is 13.6. The van der Waals surface area contributed by atoms with Crippen molar-refractivity contribution in [3.63, 3.8) is 0 Å². The molecule has 0 N–H and O–H groups in total. The molecule has 1 saturated heterocycles. The Morgan fingerprint density at radius 2 is 1.57 bits per heavy atom. The second-order valence-electron chi connectivity index (χ2n) is 7.66. The fourth-order valence-corrected chi connectivity index (χ4v) is 5.90. The van der Waals surface area contributed by atoms with E-state index in [0.29, 0.717) is 18.1 Å². The van der Waals surface area contributed by atoms with E-state index in [0.717, 1.165) is 25.1 Å². The Kier molecular flexibility index (Phi) is 6.54. The predicted octanol–water partition coefficient (Wildman–Crippen LogP) is 4.81. The third-order valence-corrected chi connectivity index (χ3v) is 7.62. The number of benzene rings is 3. The molecule has 1 unspecified atom stereocenters. The van der Waals surface area contributed by atoms with Gasteiger partial charge in [-0.05, 0) is 35.7 Å². The summed E-state index contributed by atoms with van der Waals surface area (Å²) in [5, 5.41) is 0.424. The van der Waals surface area contributed by atoms with E-state index in [1.54, 1.807) is 22.5 Å². The van der Waals surface area contributed by atoms with Gasteiger partial charge in [-0.3, -0.25) is 4.90 Å². The van der Waals surface area contributed by atoms with Crippen molar-refractivity contribution in [1.82, 2.24) is 9.21 Å². The Labute approximate surface area is 183 Å². The van der Waals surface area contributed by atoms with Crippen molar-refractivity contribution in [2.24, 2.45) is 0 Å². The number of rotatable bonds is 7. The molecule has 0 amide bonds. The lowest BCUT2D eigenvalue weighted by Crippen LogP contribution is -2.41. The summed E-state index contributed by atoms with van der Waals surface area (Å²) in [5.74, 6) is 0. The van der Waals surface area contributed by atoms with E-state index in [4.69, 9.17) is 11.6 Å². The van der Waals surface area contributed by atoms with Crippen molar-refractivity contribution in [2.75, 3.05) is 13.1 Å². The molecule has 30 heavy (non-hydrogen) atoms. The van der Waals surface area contributed by atoms with Crippen molar-refractivity contribution in [3.05, 3.63) is 101 Å². The standard InChI is InChI=1S/C24H25ClN2O2S/c25-22-12-7-13-24(16-22)30(28,29)27(18-21-10-5-2-6-11-21)23-14-15-26(19-23)17-20-8-3-1-4-9-20/h1-13,16,23H,14-15,17-19H2. The van der Waals surface area contributed by atoms with Crippen LogP contribution in [-0.4, -0.2) is 36.8 Å². The molecule has 0 bridgehead atoms. The van der Waals surface area contributed by atoms with Crippen molar-refractivity contribution in [1.29, 1.82) is 0 Å². The Morgan fingerprint density at radius 3 is 2.23 bits per heavy atom. The van der Waals surface area contributed by atoms with E-state index in [1.807, 2.05) is 48.5 Å². The highest BCUT2D eigenvalue weighted by atomic mass is 35.5. The topological polar surface area (TPSA) is 40.6 Å². The SMILES string of the molecule is O=S(=O)(c1cccc(Cl)c1)N(Cc1ccccc1)C1CCN(Cc2ccccc2)C1. The summed E-state index contributed by atoms with van der Waals surface area (Å²) < 4.78 is 28.8. The zero-order valence-electron chi connectivity index (χ0n) is 16.7. The largest absolute Gasteiger partial charge is 0.297 e. The van der Waals surface area contributed by atoms with Crippen molar-refractivity contribution < 1.29 is 8.42 Å². The van der Waals surface area contributed by atoms with Gasteiger partial charge in [-0.1, -0.05) is 78.3 Å². The Bertz CT molecular complexity index is 1070. The van der Waals surface area contributed by atoms with Crippen molar-refractivity contribution in [2.45, 2.75) is 30.4 Å². The van der Waals surface area contributed by atoms with Crippen LogP contribution in [0.3, 0.4) is 0 Å². The van der Waals surface area contributed by atoms with Gasteiger partial charge in [0.15, 0.2) is 0 Å². The second-order valence-corrected chi connectivity index (χ2v) is 9.98. The lowest BCUT2D eigenvalue weighted by atomic mass is 10.2. The highest BCUT2D eigenvalue weighted by Crippen LogP contribution is 2.28. The predicted molar refractivity (Wildman–Crippen MR) is 121 cm³/mol. The molecular weight excluding hydrogens is 416 g/mol. The fourth-order valence-electron chi connectivity index (χ4n) is 3.97. The number of hydrogen-bond donors (Lipinski definition) is 0. The monoisotopic (exact) mass is 440 g/mol. The average molecular weight is 441 g/mol. The Morgan fingerprint density at radius 1 is 0.900 bits per heavy atom. The molecule has 4 rings (SSSR count). The molecule has 1 aliphatic heterocycles. The molecule has 0 spiro atoms. The van der Waals surface area contributed by atoms with Gasteiger partial charge < -0.3 is 0 Å². The van der Waals surface area contributed by atoms with Crippen LogP contribution in [0.2, 0.25) is 5.02 Å². The summed E-state index contributed by atoms with van der Waals surface area (Å²) in [5.41, 5.74) is 2.22. The summed E-state index contributed by atoms with van der Waals surface area (Å²) in [6.07, 6.45) is 0.805. The zero-order chi connectivity index (χ0) is 21.0. The van der Waals surface area contributed by atoms with E-state index in [1.165, 1.54) is 11.6 Å². The van der Waals surface area contributed by atoms with Gasteiger partial charge in [-0.15, -0.1) is 0 Å². The van der Waals surface area contributed by atoms with Gasteiger partial charge in [0.25, 0.3) is 0 Å². The highest BCUT2D eigenvalue weighted by molar-refractivity contribution is 7.89. The minimum atomic E-state index is -3.68. The first-order valence-electron chi connectivity index (χ1n) is 10.1. The van der Waals surface area contributed by atoms with Gasteiger partial charge >= 0.3 is 0 Å². The molecule has 0 saturated carbocycles. The molecule has 0 aromatic heterocycles. The first kappa shape index (κ1) is 21.1. The van der Waals surface area contributed by atoms with Crippen molar-refractivity contribution in [3.8, 4) is 0 Å². The molecule has 3 aromatic carbocycles. The molecule has 4 nitrogen and oxygen atoms in total. The Hall–Kier alpha value is -2.18. The number of hydrogen-bond acceptors (Lipinski definition) is 3. The second kappa shape index (κ2) is 9.31. The zero-order valence-corrected chi connectivity index (χ0v) is 18.3. The van der Waals surface area contributed by atoms with Crippen LogP contribution >= 0.6 is 11.6 Å². The van der Waals surface area contributed by atoms with E-state index in [-0.39, 0.29) is 10.9 Å². The molecule has 1 aliphatic rings. The average Bonchev–Trinajstić information content (AvgIpc) is 3.21.